The smallest absolute Gasteiger partial charge is 0.306 e. The lowest BCUT2D eigenvalue weighted by Crippen LogP contribution is -2.09. The second-order valence-corrected chi connectivity index (χ2v) is 7.91. The van der Waals surface area contributed by atoms with E-state index in [1.165, 1.54) is 11.1 Å². The van der Waals surface area contributed by atoms with Crippen LogP contribution in [0.5, 0.6) is 0 Å². The van der Waals surface area contributed by atoms with E-state index < -0.39 is 11.9 Å². The summed E-state index contributed by atoms with van der Waals surface area (Å²) in [6.07, 6.45) is 5.30. The molecular weight excluding hydrogens is 352 g/mol. The molecule has 4 nitrogen and oxygen atoms in total. The van der Waals surface area contributed by atoms with Gasteiger partial charge < -0.3 is 10.2 Å². The van der Waals surface area contributed by atoms with Crippen LogP contribution in [0, 0.1) is 11.8 Å². The fraction of sp³-hybridized carbons (Fsp3) is 0.417. The van der Waals surface area contributed by atoms with Gasteiger partial charge in [-0.1, -0.05) is 60.7 Å². The number of carboxylic acid groups (broad SMARTS) is 2. The number of benzene rings is 2. The molecule has 28 heavy (non-hydrogen) atoms. The Hall–Kier alpha value is -2.62. The highest BCUT2D eigenvalue weighted by molar-refractivity contribution is 5.71. The van der Waals surface area contributed by atoms with Crippen LogP contribution < -0.4 is 0 Å². The molecule has 0 heterocycles. The number of carboxylic acids is 2. The van der Waals surface area contributed by atoms with Crippen LogP contribution in [0.1, 0.15) is 61.5 Å². The molecule has 0 bridgehead atoms. The molecule has 4 rings (SSSR count). The van der Waals surface area contributed by atoms with Crippen molar-refractivity contribution in [1.82, 2.24) is 0 Å². The second-order valence-electron chi connectivity index (χ2n) is 7.91. The molecule has 2 N–H and O–H groups in total. The van der Waals surface area contributed by atoms with Gasteiger partial charge in [-0.15, -0.1) is 0 Å². The van der Waals surface area contributed by atoms with Crippen molar-refractivity contribution in [1.29, 1.82) is 0 Å². The Morgan fingerprint density at radius 1 is 0.607 bits per heavy atom. The van der Waals surface area contributed by atoms with Crippen LogP contribution in [0.15, 0.2) is 60.7 Å². The van der Waals surface area contributed by atoms with Gasteiger partial charge in [0.2, 0.25) is 0 Å². The summed E-state index contributed by atoms with van der Waals surface area (Å²) in [5.74, 6) is -0.609. The van der Waals surface area contributed by atoms with Gasteiger partial charge in [0.25, 0.3) is 0 Å². The quantitative estimate of drug-likeness (QED) is 0.754. The molecule has 0 radical (unpaired) electrons. The summed E-state index contributed by atoms with van der Waals surface area (Å²) >= 11 is 0. The van der Waals surface area contributed by atoms with Gasteiger partial charge in [-0.3, -0.25) is 9.59 Å². The predicted octanol–water partition coefficient (Wildman–Crippen LogP) is 5.31. The first-order valence-corrected chi connectivity index (χ1v) is 10.1. The fourth-order valence-electron chi connectivity index (χ4n) is 4.47. The molecular formula is C24H28O4. The van der Waals surface area contributed by atoms with Crippen molar-refractivity contribution in [3.05, 3.63) is 71.8 Å². The molecule has 0 saturated heterocycles. The van der Waals surface area contributed by atoms with Gasteiger partial charge in [0.1, 0.15) is 0 Å². The molecule has 0 unspecified atom stereocenters. The van der Waals surface area contributed by atoms with Crippen molar-refractivity contribution in [2.75, 3.05) is 0 Å². The Bertz CT molecular complexity index is 704. The minimum atomic E-state index is -0.636. The van der Waals surface area contributed by atoms with Gasteiger partial charge in [0, 0.05) is 0 Å². The fourth-order valence-corrected chi connectivity index (χ4v) is 4.47. The summed E-state index contributed by atoms with van der Waals surface area (Å²) in [4.78, 5) is 21.6. The maximum Gasteiger partial charge on any atom is 0.306 e. The Morgan fingerprint density at radius 2 is 0.964 bits per heavy atom. The summed E-state index contributed by atoms with van der Waals surface area (Å²) in [6, 6.07) is 20.4. The predicted molar refractivity (Wildman–Crippen MR) is 108 cm³/mol. The molecule has 4 atom stereocenters. The Morgan fingerprint density at radius 3 is 1.25 bits per heavy atom. The van der Waals surface area contributed by atoms with E-state index in [1.807, 2.05) is 36.4 Å². The van der Waals surface area contributed by atoms with Gasteiger partial charge >= 0.3 is 11.9 Å². The summed E-state index contributed by atoms with van der Waals surface area (Å²) in [7, 11) is 0. The lowest BCUT2D eigenvalue weighted by Gasteiger charge is -2.08. The van der Waals surface area contributed by atoms with Gasteiger partial charge in [0.05, 0.1) is 11.8 Å². The number of rotatable bonds is 4. The van der Waals surface area contributed by atoms with Crippen molar-refractivity contribution in [3.63, 3.8) is 0 Å². The average molecular weight is 380 g/mol. The normalized spacial score (nSPS) is 26.3. The molecule has 2 aliphatic rings. The van der Waals surface area contributed by atoms with Crippen molar-refractivity contribution in [2.24, 2.45) is 11.8 Å². The topological polar surface area (TPSA) is 74.6 Å². The number of aliphatic carboxylic acids is 2. The molecule has 0 aliphatic heterocycles. The summed E-state index contributed by atoms with van der Waals surface area (Å²) in [6.45, 7) is 0. The summed E-state index contributed by atoms with van der Waals surface area (Å²) in [5, 5.41) is 17.8. The van der Waals surface area contributed by atoms with E-state index in [-0.39, 0.29) is 11.8 Å². The number of hydrogen-bond donors (Lipinski definition) is 2. The van der Waals surface area contributed by atoms with Crippen LogP contribution in [0.2, 0.25) is 0 Å². The first kappa shape index (κ1) is 20.1. The molecule has 2 saturated carbocycles. The van der Waals surface area contributed by atoms with Gasteiger partial charge in [-0.2, -0.15) is 0 Å². The van der Waals surface area contributed by atoms with Crippen LogP contribution in [0.4, 0.5) is 0 Å². The van der Waals surface area contributed by atoms with E-state index >= 15 is 0 Å². The number of hydrogen-bond acceptors (Lipinski definition) is 2. The maximum absolute atomic E-state index is 10.8. The van der Waals surface area contributed by atoms with Crippen molar-refractivity contribution in [2.45, 2.75) is 50.4 Å². The van der Waals surface area contributed by atoms with Crippen LogP contribution in [0.25, 0.3) is 0 Å². The van der Waals surface area contributed by atoms with Gasteiger partial charge in [-0.25, -0.2) is 0 Å². The lowest BCUT2D eigenvalue weighted by molar-refractivity contribution is -0.142. The minimum absolute atomic E-state index is 0.125. The van der Waals surface area contributed by atoms with Crippen molar-refractivity contribution >= 4 is 11.9 Å². The van der Waals surface area contributed by atoms with E-state index in [9.17, 15) is 9.59 Å². The third kappa shape index (κ3) is 5.22. The van der Waals surface area contributed by atoms with Crippen LogP contribution in [-0.4, -0.2) is 22.2 Å². The number of carbonyl (C=O) groups is 2. The third-order valence-electron chi connectivity index (χ3n) is 6.11. The zero-order valence-electron chi connectivity index (χ0n) is 16.0. The van der Waals surface area contributed by atoms with Crippen LogP contribution in [0.3, 0.4) is 0 Å². The molecule has 0 aromatic heterocycles. The molecule has 2 aromatic rings. The molecule has 0 spiro atoms. The zero-order chi connectivity index (χ0) is 19.9. The highest BCUT2D eigenvalue weighted by atomic mass is 16.4. The van der Waals surface area contributed by atoms with Crippen LogP contribution in [-0.2, 0) is 9.59 Å². The van der Waals surface area contributed by atoms with Crippen molar-refractivity contribution < 1.29 is 19.8 Å². The SMILES string of the molecule is O=C(O)[C@@H]1CC[C@@H](c2ccccc2)C1.O=C(O)[C@H]1CC[C@H](c2ccccc2)C1. The highest BCUT2D eigenvalue weighted by Crippen LogP contribution is 2.38. The second kappa shape index (κ2) is 9.54. The molecule has 148 valence electrons. The molecule has 0 amide bonds. The highest BCUT2D eigenvalue weighted by Gasteiger charge is 2.31. The largest absolute Gasteiger partial charge is 0.481 e. The first-order chi connectivity index (χ1) is 13.5. The Balaban J connectivity index is 0.000000161. The summed E-state index contributed by atoms with van der Waals surface area (Å²) < 4.78 is 0. The van der Waals surface area contributed by atoms with E-state index in [0.717, 1.165) is 38.5 Å². The van der Waals surface area contributed by atoms with Crippen LogP contribution >= 0.6 is 0 Å². The molecule has 2 fully saturated rings. The van der Waals surface area contributed by atoms with Crippen molar-refractivity contribution in [3.8, 4) is 0 Å². The van der Waals surface area contributed by atoms with E-state index in [4.69, 9.17) is 10.2 Å². The standard InChI is InChI=1S/2C12H14O2/c2*13-12(14)11-7-6-10(8-11)9-4-2-1-3-5-9/h2*1-5,10-11H,6-8H2,(H,13,14)/t2*10-,11-/m10/s1. The van der Waals surface area contributed by atoms with Gasteiger partial charge in [0.15, 0.2) is 0 Å². The summed E-state index contributed by atoms with van der Waals surface area (Å²) in [5.41, 5.74) is 2.58. The minimum Gasteiger partial charge on any atom is -0.481 e. The Labute approximate surface area is 166 Å². The molecule has 4 heteroatoms. The average Bonchev–Trinajstić information content (AvgIpc) is 3.40. The van der Waals surface area contributed by atoms with E-state index in [1.54, 1.807) is 0 Å². The van der Waals surface area contributed by atoms with E-state index in [2.05, 4.69) is 24.3 Å². The monoisotopic (exact) mass is 380 g/mol. The molecule has 2 aromatic carbocycles. The Kier molecular flexibility index (Phi) is 6.85. The third-order valence-corrected chi connectivity index (χ3v) is 6.11. The molecule has 2 aliphatic carbocycles. The zero-order valence-corrected chi connectivity index (χ0v) is 16.0. The first-order valence-electron chi connectivity index (χ1n) is 10.1. The lowest BCUT2D eigenvalue weighted by atomic mass is 9.96. The van der Waals surface area contributed by atoms with E-state index in [0.29, 0.717) is 11.8 Å². The van der Waals surface area contributed by atoms with Gasteiger partial charge in [-0.05, 0) is 61.5 Å². The maximum atomic E-state index is 10.8.